The van der Waals surface area contributed by atoms with Crippen LogP contribution in [0.3, 0.4) is 0 Å². The van der Waals surface area contributed by atoms with Crippen molar-refractivity contribution in [3.8, 4) is 0 Å². The van der Waals surface area contributed by atoms with E-state index in [9.17, 15) is 0 Å². The standard InChI is InChI=1S/C22H25N5/c1-2-18(13-24-9-1)4-3-17-5-6-20-19(12-17)21(26-16-25-20)27-14-22(15-27)7-10-23-11-8-22/h1-2,5-6,9,12-13,16,23H,3-4,7-8,10-11,14-15H2. The number of fused-ring (bicyclic) bond motifs is 1. The first kappa shape index (κ1) is 16.6. The van der Waals surface area contributed by atoms with E-state index in [0.29, 0.717) is 5.41 Å². The molecule has 0 atom stereocenters. The average Bonchev–Trinajstić information content (AvgIpc) is 2.71. The molecule has 0 aliphatic carbocycles. The highest BCUT2D eigenvalue weighted by atomic mass is 15.3. The highest BCUT2D eigenvalue weighted by Crippen LogP contribution is 2.42. The second-order valence-corrected chi connectivity index (χ2v) is 8.02. The predicted molar refractivity (Wildman–Crippen MR) is 108 cm³/mol. The minimum absolute atomic E-state index is 0.500. The Balaban J connectivity index is 1.37. The Morgan fingerprint density at radius 1 is 1.00 bits per heavy atom. The molecule has 2 saturated heterocycles. The number of hydrogen-bond donors (Lipinski definition) is 1. The van der Waals surface area contributed by atoms with Gasteiger partial charge in [-0.05, 0) is 68.1 Å². The molecule has 5 heteroatoms. The molecule has 4 heterocycles. The quantitative estimate of drug-likeness (QED) is 0.776. The zero-order valence-corrected chi connectivity index (χ0v) is 15.6. The number of anilines is 1. The topological polar surface area (TPSA) is 53.9 Å². The van der Waals surface area contributed by atoms with Crippen LogP contribution in [0.25, 0.3) is 10.9 Å². The molecular weight excluding hydrogens is 334 g/mol. The van der Waals surface area contributed by atoms with Gasteiger partial charge in [-0.25, -0.2) is 9.97 Å². The third-order valence-corrected chi connectivity index (χ3v) is 6.12. The lowest BCUT2D eigenvalue weighted by atomic mass is 9.72. The van der Waals surface area contributed by atoms with Gasteiger partial charge in [-0.2, -0.15) is 0 Å². The van der Waals surface area contributed by atoms with Gasteiger partial charge in [0.2, 0.25) is 0 Å². The van der Waals surface area contributed by atoms with E-state index in [2.05, 4.69) is 49.4 Å². The van der Waals surface area contributed by atoms with Crippen molar-refractivity contribution >= 4 is 16.7 Å². The van der Waals surface area contributed by atoms with E-state index in [4.69, 9.17) is 0 Å². The first-order valence-electron chi connectivity index (χ1n) is 9.90. The zero-order chi connectivity index (χ0) is 18.1. The van der Waals surface area contributed by atoms with Gasteiger partial charge >= 0.3 is 0 Å². The number of rotatable bonds is 4. The van der Waals surface area contributed by atoms with E-state index < -0.39 is 0 Å². The number of aromatic nitrogens is 3. The van der Waals surface area contributed by atoms with Crippen LogP contribution < -0.4 is 10.2 Å². The zero-order valence-electron chi connectivity index (χ0n) is 15.6. The van der Waals surface area contributed by atoms with Gasteiger partial charge < -0.3 is 10.2 Å². The van der Waals surface area contributed by atoms with Crippen LogP contribution in [0.1, 0.15) is 24.0 Å². The third-order valence-electron chi connectivity index (χ3n) is 6.12. The number of hydrogen-bond acceptors (Lipinski definition) is 5. The lowest BCUT2D eigenvalue weighted by Crippen LogP contribution is -2.60. The van der Waals surface area contributed by atoms with Gasteiger partial charge in [0, 0.05) is 36.3 Å². The van der Waals surface area contributed by atoms with E-state index in [-0.39, 0.29) is 0 Å². The molecule has 0 saturated carbocycles. The molecule has 2 aromatic heterocycles. The maximum atomic E-state index is 4.66. The summed E-state index contributed by atoms with van der Waals surface area (Å²) in [6.45, 7) is 4.55. The molecule has 5 rings (SSSR count). The van der Waals surface area contributed by atoms with Crippen molar-refractivity contribution in [2.75, 3.05) is 31.1 Å². The van der Waals surface area contributed by atoms with Crippen molar-refractivity contribution in [2.24, 2.45) is 5.41 Å². The molecule has 2 aliphatic heterocycles. The second kappa shape index (κ2) is 6.89. The van der Waals surface area contributed by atoms with Crippen molar-refractivity contribution in [3.63, 3.8) is 0 Å². The van der Waals surface area contributed by atoms with E-state index in [1.54, 1.807) is 6.33 Å². The molecule has 2 aliphatic rings. The van der Waals surface area contributed by atoms with Crippen LogP contribution in [0.4, 0.5) is 5.82 Å². The molecule has 3 aromatic rings. The molecule has 138 valence electrons. The van der Waals surface area contributed by atoms with Crippen molar-refractivity contribution in [1.82, 2.24) is 20.3 Å². The van der Waals surface area contributed by atoms with Crippen LogP contribution >= 0.6 is 0 Å². The number of nitrogens with zero attached hydrogens (tertiary/aromatic N) is 4. The second-order valence-electron chi connectivity index (χ2n) is 8.02. The van der Waals surface area contributed by atoms with E-state index >= 15 is 0 Å². The van der Waals surface area contributed by atoms with Gasteiger partial charge in [-0.3, -0.25) is 4.98 Å². The number of benzene rings is 1. The molecule has 1 aromatic carbocycles. The normalized spacial score (nSPS) is 18.6. The molecule has 0 bridgehead atoms. The Bertz CT molecular complexity index is 926. The highest BCUT2D eigenvalue weighted by molar-refractivity contribution is 5.90. The molecular formula is C22H25N5. The van der Waals surface area contributed by atoms with Gasteiger partial charge in [0.1, 0.15) is 12.1 Å². The lowest BCUT2D eigenvalue weighted by Gasteiger charge is -2.53. The predicted octanol–water partition coefficient (Wildman–Crippen LogP) is 3.00. The van der Waals surface area contributed by atoms with Crippen molar-refractivity contribution in [1.29, 1.82) is 0 Å². The molecule has 1 N–H and O–H groups in total. The van der Waals surface area contributed by atoms with E-state index in [0.717, 1.165) is 50.4 Å². The molecule has 0 amide bonds. The summed E-state index contributed by atoms with van der Waals surface area (Å²) in [7, 11) is 0. The largest absolute Gasteiger partial charge is 0.355 e. The molecule has 0 radical (unpaired) electrons. The summed E-state index contributed by atoms with van der Waals surface area (Å²) in [5.41, 5.74) is 4.15. The van der Waals surface area contributed by atoms with E-state index in [1.165, 1.54) is 29.4 Å². The van der Waals surface area contributed by atoms with Crippen molar-refractivity contribution < 1.29 is 0 Å². The Morgan fingerprint density at radius 2 is 1.85 bits per heavy atom. The minimum Gasteiger partial charge on any atom is -0.355 e. The monoisotopic (exact) mass is 359 g/mol. The Labute approximate surface area is 159 Å². The van der Waals surface area contributed by atoms with Crippen LogP contribution in [0.15, 0.2) is 49.1 Å². The third kappa shape index (κ3) is 3.28. The summed E-state index contributed by atoms with van der Waals surface area (Å²) >= 11 is 0. The Kier molecular flexibility index (Phi) is 4.24. The van der Waals surface area contributed by atoms with Crippen LogP contribution in [0.2, 0.25) is 0 Å². The first-order chi connectivity index (χ1) is 13.3. The summed E-state index contributed by atoms with van der Waals surface area (Å²) in [4.78, 5) is 15.8. The average molecular weight is 359 g/mol. The number of pyridine rings is 1. The van der Waals surface area contributed by atoms with Crippen LogP contribution in [0.5, 0.6) is 0 Å². The van der Waals surface area contributed by atoms with E-state index in [1.807, 2.05) is 18.5 Å². The van der Waals surface area contributed by atoms with Gasteiger partial charge in [0.05, 0.1) is 5.52 Å². The number of nitrogens with one attached hydrogen (secondary N) is 1. The summed E-state index contributed by atoms with van der Waals surface area (Å²) in [5.74, 6) is 1.10. The molecule has 2 fully saturated rings. The van der Waals surface area contributed by atoms with Gasteiger partial charge in [-0.1, -0.05) is 12.1 Å². The fourth-order valence-electron chi connectivity index (χ4n) is 4.52. The fraction of sp³-hybridized carbons (Fsp3) is 0.409. The van der Waals surface area contributed by atoms with Gasteiger partial charge in [-0.15, -0.1) is 0 Å². The Morgan fingerprint density at radius 3 is 2.67 bits per heavy atom. The number of piperidine rings is 1. The fourth-order valence-corrected chi connectivity index (χ4v) is 4.52. The molecule has 27 heavy (non-hydrogen) atoms. The maximum Gasteiger partial charge on any atom is 0.139 e. The maximum absolute atomic E-state index is 4.66. The summed E-state index contributed by atoms with van der Waals surface area (Å²) < 4.78 is 0. The SMILES string of the molecule is c1cncc(CCc2ccc3ncnc(N4CC5(CCNCC5)C4)c3c2)c1. The summed E-state index contributed by atoms with van der Waals surface area (Å²) in [6.07, 6.45) is 10.1. The summed E-state index contributed by atoms with van der Waals surface area (Å²) in [5, 5.41) is 4.66. The van der Waals surface area contributed by atoms with Crippen molar-refractivity contribution in [3.05, 3.63) is 60.2 Å². The molecule has 1 spiro atoms. The number of aryl methyl sites for hydroxylation is 2. The molecule has 0 unspecified atom stereocenters. The van der Waals surface area contributed by atoms with Crippen molar-refractivity contribution in [2.45, 2.75) is 25.7 Å². The molecule has 5 nitrogen and oxygen atoms in total. The van der Waals surface area contributed by atoms with Crippen LogP contribution in [0, 0.1) is 5.41 Å². The van der Waals surface area contributed by atoms with Crippen LogP contribution in [-0.4, -0.2) is 41.1 Å². The van der Waals surface area contributed by atoms with Gasteiger partial charge in [0.25, 0.3) is 0 Å². The Hall–Kier alpha value is -2.53. The summed E-state index contributed by atoms with van der Waals surface area (Å²) in [6, 6.07) is 10.8. The first-order valence-corrected chi connectivity index (χ1v) is 9.90. The minimum atomic E-state index is 0.500. The van der Waals surface area contributed by atoms with Gasteiger partial charge in [0.15, 0.2) is 0 Å². The lowest BCUT2D eigenvalue weighted by molar-refractivity contribution is 0.149. The smallest absolute Gasteiger partial charge is 0.139 e. The van der Waals surface area contributed by atoms with Crippen LogP contribution in [-0.2, 0) is 12.8 Å². The highest BCUT2D eigenvalue weighted by Gasteiger charge is 2.44.